The Balaban J connectivity index is 1.62. The molecular formula is C25H28N6O4. The van der Waals surface area contributed by atoms with Crippen LogP contribution in [0, 0.1) is 0 Å². The van der Waals surface area contributed by atoms with Crippen LogP contribution >= 0.6 is 0 Å². The highest BCUT2D eigenvalue weighted by molar-refractivity contribution is 5.97. The summed E-state index contributed by atoms with van der Waals surface area (Å²) >= 11 is 0. The van der Waals surface area contributed by atoms with Gasteiger partial charge in [0.15, 0.2) is 5.82 Å². The Hall–Kier alpha value is -4.47. The highest BCUT2D eigenvalue weighted by Gasteiger charge is 2.13. The van der Waals surface area contributed by atoms with Gasteiger partial charge in [0.2, 0.25) is 5.91 Å². The average molecular weight is 477 g/mol. The molecule has 2 amide bonds. The monoisotopic (exact) mass is 476 g/mol. The summed E-state index contributed by atoms with van der Waals surface area (Å²) in [5.74, 6) is 0.990. The van der Waals surface area contributed by atoms with Crippen LogP contribution in [0.1, 0.15) is 24.2 Å². The fourth-order valence-electron chi connectivity index (χ4n) is 3.13. The molecule has 1 aromatic heterocycles. The van der Waals surface area contributed by atoms with Gasteiger partial charge in [0.05, 0.1) is 5.56 Å². The summed E-state index contributed by atoms with van der Waals surface area (Å²) in [6.45, 7) is 4.42. The lowest BCUT2D eigenvalue weighted by molar-refractivity contribution is -0.131. The maximum atomic E-state index is 12.6. The zero-order chi connectivity index (χ0) is 25.0. The van der Waals surface area contributed by atoms with Crippen molar-refractivity contribution in [2.75, 3.05) is 36.8 Å². The summed E-state index contributed by atoms with van der Waals surface area (Å²) in [6.07, 6.45) is 0. The fraction of sp³-hybridized carbons (Fsp3) is 0.240. The molecule has 3 aromatic rings. The van der Waals surface area contributed by atoms with E-state index >= 15 is 0 Å². The lowest BCUT2D eigenvalue weighted by Crippen LogP contribution is -2.29. The Kier molecular flexibility index (Phi) is 9.12. The van der Waals surface area contributed by atoms with E-state index in [-0.39, 0.29) is 23.1 Å². The van der Waals surface area contributed by atoms with Crippen LogP contribution in [0.5, 0.6) is 5.75 Å². The van der Waals surface area contributed by atoms with E-state index in [1.165, 1.54) is 13.8 Å². The molecular weight excluding hydrogens is 448 g/mol. The molecule has 0 atom stereocenters. The van der Waals surface area contributed by atoms with Crippen molar-refractivity contribution in [3.63, 3.8) is 0 Å². The number of carbonyl (C=O) groups excluding carboxylic acids is 3. The second-order valence-corrected chi connectivity index (χ2v) is 7.51. The number of esters is 1. The normalized spacial score (nSPS) is 10.2. The minimum atomic E-state index is -0.494. The summed E-state index contributed by atoms with van der Waals surface area (Å²) in [7, 11) is 0. The molecule has 0 saturated carbocycles. The Labute approximate surface area is 203 Å². The molecule has 0 radical (unpaired) electrons. The van der Waals surface area contributed by atoms with E-state index in [1.807, 2.05) is 30.3 Å². The first-order valence-corrected chi connectivity index (χ1v) is 11.1. The Morgan fingerprint density at radius 1 is 0.771 bits per heavy atom. The van der Waals surface area contributed by atoms with E-state index < -0.39 is 5.97 Å². The predicted molar refractivity (Wildman–Crippen MR) is 133 cm³/mol. The standard InChI is InChI=1S/C25H28N6O4/c1-17(32)26-12-13-27-22-16-23(31-24(30-22)19-8-4-3-5-9-19)28-14-15-29-25(34)20-10-6-7-11-21(20)35-18(2)33/h3-11,16H,12-15H2,1-2H3,(H,26,32)(H,29,34)(H2,27,28,30,31). The van der Waals surface area contributed by atoms with Crippen molar-refractivity contribution in [1.82, 2.24) is 20.6 Å². The first-order valence-electron chi connectivity index (χ1n) is 11.1. The number of aromatic nitrogens is 2. The summed E-state index contributed by atoms with van der Waals surface area (Å²) < 4.78 is 5.10. The number of amides is 2. The molecule has 4 N–H and O–H groups in total. The quantitative estimate of drug-likeness (QED) is 0.188. The molecule has 182 valence electrons. The molecule has 1 heterocycles. The molecule has 10 heteroatoms. The van der Waals surface area contributed by atoms with Gasteiger partial charge in [-0.2, -0.15) is 0 Å². The molecule has 0 unspecified atom stereocenters. The number of nitrogens with one attached hydrogen (secondary N) is 4. The van der Waals surface area contributed by atoms with Crippen LogP contribution in [0.25, 0.3) is 11.4 Å². The van der Waals surface area contributed by atoms with E-state index in [9.17, 15) is 14.4 Å². The van der Waals surface area contributed by atoms with Gasteiger partial charge in [0, 0.05) is 51.7 Å². The third-order valence-electron chi connectivity index (χ3n) is 4.67. The highest BCUT2D eigenvalue weighted by Crippen LogP contribution is 2.20. The third kappa shape index (κ3) is 8.11. The predicted octanol–water partition coefficient (Wildman–Crippen LogP) is 2.46. The van der Waals surface area contributed by atoms with E-state index in [1.54, 1.807) is 30.3 Å². The van der Waals surface area contributed by atoms with Gasteiger partial charge in [-0.05, 0) is 12.1 Å². The van der Waals surface area contributed by atoms with Crippen molar-refractivity contribution in [2.24, 2.45) is 0 Å². The molecule has 3 rings (SSSR count). The van der Waals surface area contributed by atoms with Crippen LogP contribution in [-0.2, 0) is 9.59 Å². The smallest absolute Gasteiger partial charge is 0.308 e. The number of hydrogen-bond donors (Lipinski definition) is 4. The lowest BCUT2D eigenvalue weighted by Gasteiger charge is -2.13. The van der Waals surface area contributed by atoms with Crippen molar-refractivity contribution in [1.29, 1.82) is 0 Å². The molecule has 0 aliphatic carbocycles. The lowest BCUT2D eigenvalue weighted by atomic mass is 10.2. The number of para-hydroxylation sites is 1. The third-order valence-corrected chi connectivity index (χ3v) is 4.67. The maximum absolute atomic E-state index is 12.6. The second-order valence-electron chi connectivity index (χ2n) is 7.51. The van der Waals surface area contributed by atoms with Crippen LogP contribution in [0.15, 0.2) is 60.7 Å². The van der Waals surface area contributed by atoms with E-state index in [2.05, 4.69) is 31.2 Å². The Morgan fingerprint density at radius 2 is 1.37 bits per heavy atom. The number of carbonyl (C=O) groups is 3. The number of anilines is 2. The van der Waals surface area contributed by atoms with Gasteiger partial charge in [-0.3, -0.25) is 14.4 Å². The van der Waals surface area contributed by atoms with Gasteiger partial charge in [-0.25, -0.2) is 9.97 Å². The molecule has 0 bridgehead atoms. The van der Waals surface area contributed by atoms with Gasteiger partial charge in [-0.15, -0.1) is 0 Å². The molecule has 2 aromatic carbocycles. The van der Waals surface area contributed by atoms with Crippen molar-refractivity contribution < 1.29 is 19.1 Å². The van der Waals surface area contributed by atoms with Gasteiger partial charge in [0.25, 0.3) is 5.91 Å². The largest absolute Gasteiger partial charge is 0.426 e. The highest BCUT2D eigenvalue weighted by atomic mass is 16.5. The van der Waals surface area contributed by atoms with Crippen molar-refractivity contribution in [2.45, 2.75) is 13.8 Å². The molecule has 0 aliphatic heterocycles. The minimum Gasteiger partial charge on any atom is -0.426 e. The van der Waals surface area contributed by atoms with E-state index in [0.717, 1.165) is 5.56 Å². The first kappa shape index (κ1) is 25.2. The van der Waals surface area contributed by atoms with Crippen molar-refractivity contribution in [3.8, 4) is 17.1 Å². The van der Waals surface area contributed by atoms with E-state index in [0.29, 0.717) is 43.6 Å². The number of rotatable bonds is 11. The van der Waals surface area contributed by atoms with Crippen molar-refractivity contribution >= 4 is 29.4 Å². The van der Waals surface area contributed by atoms with E-state index in [4.69, 9.17) is 4.74 Å². The first-order chi connectivity index (χ1) is 16.9. The van der Waals surface area contributed by atoms with Crippen LogP contribution < -0.4 is 26.0 Å². The van der Waals surface area contributed by atoms with Crippen LogP contribution in [0.3, 0.4) is 0 Å². The molecule has 0 saturated heterocycles. The van der Waals surface area contributed by atoms with Crippen LogP contribution in [0.4, 0.5) is 11.6 Å². The molecule has 0 aliphatic rings. The van der Waals surface area contributed by atoms with Crippen LogP contribution in [0.2, 0.25) is 0 Å². The number of benzene rings is 2. The van der Waals surface area contributed by atoms with Gasteiger partial charge in [0.1, 0.15) is 17.4 Å². The Morgan fingerprint density at radius 3 is 2.00 bits per heavy atom. The molecule has 0 fully saturated rings. The van der Waals surface area contributed by atoms with Gasteiger partial charge in [-0.1, -0.05) is 42.5 Å². The fourth-order valence-corrected chi connectivity index (χ4v) is 3.13. The van der Waals surface area contributed by atoms with Crippen LogP contribution in [-0.4, -0.2) is 53.9 Å². The maximum Gasteiger partial charge on any atom is 0.308 e. The minimum absolute atomic E-state index is 0.0978. The van der Waals surface area contributed by atoms with Gasteiger partial charge < -0.3 is 26.0 Å². The molecule has 10 nitrogen and oxygen atoms in total. The number of nitrogens with zero attached hydrogens (tertiary/aromatic N) is 2. The number of hydrogen-bond acceptors (Lipinski definition) is 8. The summed E-state index contributed by atoms with van der Waals surface area (Å²) in [5, 5.41) is 11.9. The Bertz CT molecular complexity index is 1170. The molecule has 0 spiro atoms. The van der Waals surface area contributed by atoms with Gasteiger partial charge >= 0.3 is 5.97 Å². The second kappa shape index (κ2) is 12.7. The topological polar surface area (TPSA) is 134 Å². The van der Waals surface area contributed by atoms with Crippen molar-refractivity contribution in [3.05, 3.63) is 66.2 Å². The summed E-state index contributed by atoms with van der Waals surface area (Å²) in [4.78, 5) is 44.0. The average Bonchev–Trinajstić information content (AvgIpc) is 2.85. The number of ether oxygens (including phenoxy) is 1. The summed E-state index contributed by atoms with van der Waals surface area (Å²) in [6, 6.07) is 17.9. The SMILES string of the molecule is CC(=O)NCCNc1cc(NCCNC(=O)c2ccccc2OC(C)=O)nc(-c2ccccc2)n1. The summed E-state index contributed by atoms with van der Waals surface area (Å²) in [5.41, 5.74) is 1.14. The molecule has 35 heavy (non-hydrogen) atoms. The zero-order valence-electron chi connectivity index (χ0n) is 19.6. The zero-order valence-corrected chi connectivity index (χ0v) is 19.6.